The van der Waals surface area contributed by atoms with E-state index in [0.717, 1.165) is 17.5 Å². The Morgan fingerprint density at radius 1 is 0.921 bits per heavy atom. The van der Waals surface area contributed by atoms with Crippen LogP contribution in [0.3, 0.4) is 0 Å². The molecule has 1 aromatic heterocycles. The maximum Gasteiger partial charge on any atom is 0.266 e. The molecule has 3 aromatic carbocycles. The molecule has 0 aliphatic carbocycles. The van der Waals surface area contributed by atoms with Gasteiger partial charge < -0.3 is 0 Å². The molecule has 190 valence electrons. The van der Waals surface area contributed by atoms with Crippen LogP contribution in [0.15, 0.2) is 77.6 Å². The van der Waals surface area contributed by atoms with Gasteiger partial charge in [-0.1, -0.05) is 63.2 Å². The first-order valence-electron chi connectivity index (χ1n) is 13.2. The van der Waals surface area contributed by atoms with E-state index in [4.69, 9.17) is 4.98 Å². The predicted molar refractivity (Wildman–Crippen MR) is 145 cm³/mol. The van der Waals surface area contributed by atoms with Gasteiger partial charge >= 0.3 is 0 Å². The number of hydrogen-bond donors (Lipinski definition) is 1. The zero-order valence-corrected chi connectivity index (χ0v) is 21.5. The van der Waals surface area contributed by atoms with Crippen LogP contribution in [-0.2, 0) is 21.5 Å². The molecule has 3 aliphatic rings. The van der Waals surface area contributed by atoms with Crippen molar-refractivity contribution in [3.05, 3.63) is 100 Å². The maximum absolute atomic E-state index is 14.4. The number of amides is 2. The number of rotatable bonds is 3. The molecule has 2 amide bonds. The number of imide groups is 1. The zero-order chi connectivity index (χ0) is 26.3. The van der Waals surface area contributed by atoms with E-state index in [1.807, 2.05) is 66.7 Å². The number of benzene rings is 3. The summed E-state index contributed by atoms with van der Waals surface area (Å²) in [5, 5.41) is 4.25. The quantitative estimate of drug-likeness (QED) is 0.428. The van der Waals surface area contributed by atoms with Crippen molar-refractivity contribution in [3.63, 3.8) is 0 Å². The summed E-state index contributed by atoms with van der Waals surface area (Å²) in [5.41, 5.74) is 2.52. The summed E-state index contributed by atoms with van der Waals surface area (Å²) in [6.45, 7) is 6.19. The highest BCUT2D eigenvalue weighted by atomic mass is 16.2. The molecule has 0 radical (unpaired) electrons. The third-order valence-corrected chi connectivity index (χ3v) is 8.62. The molecule has 1 spiro atoms. The number of nitrogens with one attached hydrogen (secondary N) is 1. The average Bonchev–Trinajstić information content (AvgIpc) is 3.53. The van der Waals surface area contributed by atoms with E-state index in [2.05, 4.69) is 26.1 Å². The van der Waals surface area contributed by atoms with Crippen LogP contribution < -0.4 is 15.8 Å². The van der Waals surface area contributed by atoms with Gasteiger partial charge in [0.25, 0.3) is 5.56 Å². The zero-order valence-electron chi connectivity index (χ0n) is 21.5. The van der Waals surface area contributed by atoms with E-state index >= 15 is 0 Å². The standard InChI is InChI=1S/C31H28N4O3/c1-4-18-13-15-19(16-14-18)34-28(37)24-25(29(34)38)31(33-26(24)17(2)3)21-10-6-8-12-23(21)35-27(36)20-9-5-7-11-22(20)32-30(31)35/h5-17,24-26,33H,4H2,1-3H3/t24-,25-,26+,31-/m1/s1. The van der Waals surface area contributed by atoms with Gasteiger partial charge in [0.05, 0.1) is 34.1 Å². The van der Waals surface area contributed by atoms with E-state index in [0.29, 0.717) is 28.1 Å². The topological polar surface area (TPSA) is 84.3 Å². The van der Waals surface area contributed by atoms with Crippen molar-refractivity contribution in [2.24, 2.45) is 17.8 Å². The Morgan fingerprint density at radius 2 is 1.63 bits per heavy atom. The Labute approximate surface area is 220 Å². The van der Waals surface area contributed by atoms with Crippen molar-refractivity contribution in [2.75, 3.05) is 4.90 Å². The highest BCUT2D eigenvalue weighted by Crippen LogP contribution is 2.56. The van der Waals surface area contributed by atoms with Gasteiger partial charge in [0.2, 0.25) is 11.8 Å². The molecular weight excluding hydrogens is 476 g/mol. The first-order valence-corrected chi connectivity index (χ1v) is 13.2. The van der Waals surface area contributed by atoms with E-state index < -0.39 is 17.4 Å². The maximum atomic E-state index is 14.4. The van der Waals surface area contributed by atoms with Crippen molar-refractivity contribution in [3.8, 4) is 5.69 Å². The van der Waals surface area contributed by atoms with Gasteiger partial charge in [-0.15, -0.1) is 0 Å². The summed E-state index contributed by atoms with van der Waals surface area (Å²) in [7, 11) is 0. The van der Waals surface area contributed by atoms with Crippen molar-refractivity contribution >= 4 is 28.4 Å². The number of aryl methyl sites for hydroxylation is 1. The van der Waals surface area contributed by atoms with Crippen LogP contribution in [0, 0.1) is 17.8 Å². The summed E-state index contributed by atoms with van der Waals surface area (Å²) in [6.07, 6.45) is 0.873. The van der Waals surface area contributed by atoms with Gasteiger partial charge in [-0.2, -0.15) is 0 Å². The summed E-state index contributed by atoms with van der Waals surface area (Å²) in [4.78, 5) is 48.7. The summed E-state index contributed by atoms with van der Waals surface area (Å²) in [6, 6.07) is 22.3. The van der Waals surface area contributed by atoms with Crippen molar-refractivity contribution < 1.29 is 9.59 Å². The van der Waals surface area contributed by atoms with Crippen LogP contribution in [0.4, 0.5) is 5.69 Å². The SMILES string of the molecule is CCc1ccc(N2C(=O)[C@H]3[C@H](C(C)C)N[C@]4(c5ccccc5-n5c4nc4ccccc4c5=O)[C@H]3C2=O)cc1. The molecular formula is C31H28N4O3. The fourth-order valence-corrected chi connectivity index (χ4v) is 6.86. The molecule has 2 fully saturated rings. The Balaban J connectivity index is 1.51. The molecule has 4 atom stereocenters. The highest BCUT2D eigenvalue weighted by molar-refractivity contribution is 6.23. The number of para-hydroxylation sites is 2. The highest BCUT2D eigenvalue weighted by Gasteiger charge is 2.70. The van der Waals surface area contributed by atoms with E-state index in [1.54, 1.807) is 10.6 Å². The lowest BCUT2D eigenvalue weighted by molar-refractivity contribution is -0.123. The minimum Gasteiger partial charge on any atom is -0.296 e. The molecule has 7 rings (SSSR count). The fourth-order valence-electron chi connectivity index (χ4n) is 6.86. The van der Waals surface area contributed by atoms with Crippen LogP contribution >= 0.6 is 0 Å². The molecule has 0 unspecified atom stereocenters. The number of fused-ring (bicyclic) bond motifs is 8. The third-order valence-electron chi connectivity index (χ3n) is 8.62. The lowest BCUT2D eigenvalue weighted by atomic mass is 9.75. The van der Waals surface area contributed by atoms with Crippen LogP contribution in [0.2, 0.25) is 0 Å². The van der Waals surface area contributed by atoms with Gasteiger partial charge in [-0.25, -0.2) is 9.88 Å². The molecule has 4 aromatic rings. The molecule has 38 heavy (non-hydrogen) atoms. The number of aromatic nitrogens is 2. The van der Waals surface area contributed by atoms with Gasteiger partial charge in [-0.05, 0) is 48.2 Å². The van der Waals surface area contributed by atoms with E-state index in [9.17, 15) is 14.4 Å². The van der Waals surface area contributed by atoms with Crippen molar-refractivity contribution in [2.45, 2.75) is 38.8 Å². The smallest absolute Gasteiger partial charge is 0.266 e. The minimum atomic E-state index is -1.11. The molecule has 4 heterocycles. The monoisotopic (exact) mass is 504 g/mol. The Bertz CT molecular complexity index is 1710. The fraction of sp³-hybridized carbons (Fsp3) is 0.290. The first kappa shape index (κ1) is 23.0. The van der Waals surface area contributed by atoms with Crippen LogP contribution in [0.1, 0.15) is 37.7 Å². The van der Waals surface area contributed by atoms with Crippen molar-refractivity contribution in [1.29, 1.82) is 0 Å². The first-order chi connectivity index (χ1) is 18.4. The number of carbonyl (C=O) groups is 2. The molecule has 7 heteroatoms. The molecule has 2 saturated heterocycles. The molecule has 0 bridgehead atoms. The van der Waals surface area contributed by atoms with Crippen molar-refractivity contribution in [1.82, 2.24) is 14.9 Å². The largest absolute Gasteiger partial charge is 0.296 e. The number of carbonyl (C=O) groups excluding carboxylic acids is 2. The van der Waals surface area contributed by atoms with E-state index in [-0.39, 0.29) is 29.3 Å². The normalized spacial score (nSPS) is 25.5. The second kappa shape index (κ2) is 7.95. The van der Waals surface area contributed by atoms with Gasteiger partial charge in [0.1, 0.15) is 11.4 Å². The lowest BCUT2D eigenvalue weighted by Gasteiger charge is -2.32. The number of hydrogen-bond acceptors (Lipinski definition) is 5. The minimum absolute atomic E-state index is 0.0643. The Morgan fingerprint density at radius 3 is 2.37 bits per heavy atom. The number of anilines is 1. The molecule has 7 nitrogen and oxygen atoms in total. The summed E-state index contributed by atoms with van der Waals surface area (Å²) < 4.78 is 1.64. The molecule has 3 aliphatic heterocycles. The van der Waals surface area contributed by atoms with Gasteiger partial charge in [0, 0.05) is 11.6 Å². The molecule has 0 saturated carbocycles. The average molecular weight is 505 g/mol. The summed E-state index contributed by atoms with van der Waals surface area (Å²) in [5.74, 6) is -1.25. The lowest BCUT2D eigenvalue weighted by Crippen LogP contribution is -2.51. The van der Waals surface area contributed by atoms with Gasteiger partial charge in [-0.3, -0.25) is 24.3 Å². The Kier molecular flexibility index (Phi) is 4.82. The van der Waals surface area contributed by atoms with Gasteiger partial charge in [0.15, 0.2) is 0 Å². The third kappa shape index (κ3) is 2.77. The second-order valence-electron chi connectivity index (χ2n) is 10.9. The molecule has 1 N–H and O–H groups in total. The Hall–Kier alpha value is -4.10. The van der Waals surface area contributed by atoms with Crippen LogP contribution in [0.5, 0.6) is 0 Å². The van der Waals surface area contributed by atoms with Crippen LogP contribution in [-0.4, -0.2) is 27.4 Å². The van der Waals surface area contributed by atoms with Crippen LogP contribution in [0.25, 0.3) is 16.6 Å². The second-order valence-corrected chi connectivity index (χ2v) is 10.9. The summed E-state index contributed by atoms with van der Waals surface area (Å²) >= 11 is 0. The number of nitrogens with zero attached hydrogens (tertiary/aromatic N) is 3. The van der Waals surface area contributed by atoms with E-state index in [1.165, 1.54) is 4.90 Å². The predicted octanol–water partition coefficient (Wildman–Crippen LogP) is 3.94.